The molecule has 0 saturated carbocycles. The lowest BCUT2D eigenvalue weighted by Gasteiger charge is -2.28. The summed E-state index contributed by atoms with van der Waals surface area (Å²) in [5, 5.41) is -5.62. The largest absolute Gasteiger partial charge is 0.743 e. The van der Waals surface area contributed by atoms with Crippen LogP contribution in [0.25, 0.3) is 0 Å². The molecule has 0 bridgehead atoms. The Kier molecular flexibility index (Phi) is 11.1. The first-order valence-electron chi connectivity index (χ1n) is 8.35. The monoisotopic (exact) mass is 379 g/mol. The lowest BCUT2D eigenvalue weighted by atomic mass is 10.1. The summed E-state index contributed by atoms with van der Waals surface area (Å²) in [6.07, 6.45) is 8.09. The second-order valence-corrected chi connectivity index (χ2v) is 7.29. The van der Waals surface area contributed by atoms with Crippen LogP contribution in [0.3, 0.4) is 0 Å². The average Bonchev–Trinajstić information content (AvgIpc) is 2.47. The van der Waals surface area contributed by atoms with Gasteiger partial charge in [0, 0.05) is 13.0 Å². The molecule has 0 amide bonds. The maximum atomic E-state index is 13.1. The quantitative estimate of drug-likeness (QED) is 0.235. The Balaban J connectivity index is 3.70. The summed E-state index contributed by atoms with van der Waals surface area (Å²) in [5.41, 5.74) is 0. The molecule has 0 aliphatic carbocycles. The molecule has 0 heterocycles. The third-order valence-corrected chi connectivity index (χ3v) is 4.62. The van der Waals surface area contributed by atoms with E-state index in [1.807, 2.05) is 0 Å². The fourth-order valence-corrected chi connectivity index (χ4v) is 2.61. The Morgan fingerprint density at radius 3 is 1.75 bits per heavy atom. The van der Waals surface area contributed by atoms with Crippen LogP contribution in [-0.2, 0) is 14.9 Å². The summed E-state index contributed by atoms with van der Waals surface area (Å²) in [6.45, 7) is 1.56. The average molecular weight is 379 g/mol. The molecular formula is C15H27F4O4S-. The first kappa shape index (κ1) is 23.6. The Hall–Kier alpha value is -0.410. The third-order valence-electron chi connectivity index (χ3n) is 3.69. The van der Waals surface area contributed by atoms with E-state index in [2.05, 4.69) is 6.92 Å². The summed E-state index contributed by atoms with van der Waals surface area (Å²) in [6, 6.07) is 0. The predicted molar refractivity (Wildman–Crippen MR) is 82.3 cm³/mol. The summed E-state index contributed by atoms with van der Waals surface area (Å²) < 4.78 is 87.2. The maximum Gasteiger partial charge on any atom is 0.396 e. The Bertz CT molecular complexity index is 427. The lowest BCUT2D eigenvalue weighted by Crippen LogP contribution is -2.47. The van der Waals surface area contributed by atoms with Gasteiger partial charge in [-0.15, -0.1) is 0 Å². The van der Waals surface area contributed by atoms with E-state index in [9.17, 15) is 30.5 Å². The molecule has 0 spiro atoms. The molecule has 0 radical (unpaired) electrons. The van der Waals surface area contributed by atoms with Crippen molar-refractivity contribution < 1.29 is 35.3 Å². The normalized spacial score (nSPS) is 13.4. The number of alkyl halides is 4. The Labute approximate surface area is 141 Å². The first-order chi connectivity index (χ1) is 11.1. The molecule has 0 N–H and O–H groups in total. The molecule has 0 atom stereocenters. The summed E-state index contributed by atoms with van der Waals surface area (Å²) in [7, 11) is -6.42. The number of rotatable bonds is 15. The fraction of sp³-hybridized carbons (Fsp3) is 1.00. The molecular weight excluding hydrogens is 352 g/mol. The van der Waals surface area contributed by atoms with Gasteiger partial charge in [-0.1, -0.05) is 58.3 Å². The van der Waals surface area contributed by atoms with Crippen LogP contribution in [0, 0.1) is 0 Å². The first-order valence-corrected chi connectivity index (χ1v) is 9.76. The van der Waals surface area contributed by atoms with Crippen LogP contribution < -0.4 is 0 Å². The molecule has 0 rings (SSSR count). The highest BCUT2D eigenvalue weighted by Gasteiger charge is 2.61. The molecule has 0 aromatic rings. The second-order valence-electron chi connectivity index (χ2n) is 5.87. The van der Waals surface area contributed by atoms with Gasteiger partial charge in [-0.3, -0.25) is 0 Å². The number of halogens is 4. The van der Waals surface area contributed by atoms with Crippen molar-refractivity contribution in [2.45, 2.75) is 82.3 Å². The molecule has 0 fully saturated rings. The van der Waals surface area contributed by atoms with E-state index in [-0.39, 0.29) is 6.61 Å². The zero-order chi connectivity index (χ0) is 18.7. The molecule has 0 aliphatic rings. The highest BCUT2D eigenvalue weighted by Crippen LogP contribution is 2.40. The fourth-order valence-electron chi connectivity index (χ4n) is 2.15. The molecule has 0 aliphatic heterocycles. The van der Waals surface area contributed by atoms with Gasteiger partial charge in [0.15, 0.2) is 10.1 Å². The smallest absolute Gasteiger partial charge is 0.396 e. The Morgan fingerprint density at radius 1 is 0.833 bits per heavy atom. The van der Waals surface area contributed by atoms with E-state index in [0.717, 1.165) is 25.7 Å². The van der Waals surface area contributed by atoms with Crippen LogP contribution in [0.1, 0.15) is 71.1 Å². The van der Waals surface area contributed by atoms with Gasteiger partial charge < -0.3 is 9.29 Å². The number of unbranched alkanes of at least 4 members (excludes halogenated alkanes) is 8. The van der Waals surface area contributed by atoms with Crippen LogP contribution in [0.2, 0.25) is 0 Å². The molecule has 24 heavy (non-hydrogen) atoms. The highest BCUT2D eigenvalue weighted by molar-refractivity contribution is 7.86. The topological polar surface area (TPSA) is 66.4 Å². The predicted octanol–water partition coefficient (Wildman–Crippen LogP) is 4.70. The minimum Gasteiger partial charge on any atom is -0.743 e. The molecule has 0 saturated heterocycles. The van der Waals surface area contributed by atoms with Crippen molar-refractivity contribution in [3.8, 4) is 0 Å². The van der Waals surface area contributed by atoms with Crippen LogP contribution in [0.5, 0.6) is 0 Å². The molecule has 4 nitrogen and oxygen atoms in total. The maximum absolute atomic E-state index is 13.1. The Morgan fingerprint density at radius 2 is 1.29 bits per heavy atom. The van der Waals surface area contributed by atoms with Gasteiger partial charge in [-0.2, -0.15) is 17.6 Å². The van der Waals surface area contributed by atoms with Crippen LogP contribution in [-0.4, -0.2) is 37.4 Å². The van der Waals surface area contributed by atoms with Crippen LogP contribution in [0.4, 0.5) is 17.6 Å². The number of hydrogen-bond acceptors (Lipinski definition) is 4. The van der Waals surface area contributed by atoms with Crippen LogP contribution in [0.15, 0.2) is 0 Å². The molecule has 146 valence electrons. The number of hydrogen-bond donors (Lipinski definition) is 0. The van der Waals surface area contributed by atoms with Crippen molar-refractivity contribution in [1.82, 2.24) is 0 Å². The molecule has 0 unspecified atom stereocenters. The van der Waals surface area contributed by atoms with E-state index in [1.165, 1.54) is 25.7 Å². The lowest BCUT2D eigenvalue weighted by molar-refractivity contribution is -0.171. The molecule has 0 aromatic heterocycles. The van der Waals surface area contributed by atoms with Gasteiger partial charge in [0.2, 0.25) is 0 Å². The van der Waals surface area contributed by atoms with E-state index in [1.54, 1.807) is 0 Å². The van der Waals surface area contributed by atoms with Gasteiger partial charge in [-0.25, -0.2) is 8.42 Å². The van der Waals surface area contributed by atoms with Crippen molar-refractivity contribution in [1.29, 1.82) is 0 Å². The summed E-state index contributed by atoms with van der Waals surface area (Å²) in [4.78, 5) is 0. The van der Waals surface area contributed by atoms with E-state index >= 15 is 0 Å². The second kappa shape index (κ2) is 11.3. The third kappa shape index (κ3) is 8.62. The standard InChI is InChI=1S/C15H28F4O4S/c1-2-3-4-5-6-7-8-9-10-12-23-13-11-14(16,17)15(18,19)24(20,21)22/h2-13H2,1H3,(H,20,21,22)/p-1. The van der Waals surface area contributed by atoms with Gasteiger partial charge >= 0.3 is 11.2 Å². The zero-order valence-electron chi connectivity index (χ0n) is 14.0. The van der Waals surface area contributed by atoms with Gasteiger partial charge in [0.05, 0.1) is 6.61 Å². The van der Waals surface area contributed by atoms with Crippen molar-refractivity contribution in [3.63, 3.8) is 0 Å². The van der Waals surface area contributed by atoms with Gasteiger partial charge in [0.1, 0.15) is 0 Å². The highest BCUT2D eigenvalue weighted by atomic mass is 32.2. The van der Waals surface area contributed by atoms with E-state index < -0.39 is 34.3 Å². The number of ether oxygens (including phenoxy) is 1. The summed E-state index contributed by atoms with van der Waals surface area (Å²) in [5.74, 6) is -4.94. The van der Waals surface area contributed by atoms with Gasteiger partial charge in [0.25, 0.3) is 0 Å². The van der Waals surface area contributed by atoms with Gasteiger partial charge in [-0.05, 0) is 6.42 Å². The zero-order valence-corrected chi connectivity index (χ0v) is 14.9. The SMILES string of the molecule is CCCCCCCCCCCOCCC(F)(F)C(F)(F)S(=O)(=O)[O-]. The minimum atomic E-state index is -6.42. The minimum absolute atomic E-state index is 0.140. The van der Waals surface area contributed by atoms with Crippen molar-refractivity contribution >= 4 is 10.1 Å². The van der Waals surface area contributed by atoms with E-state index in [4.69, 9.17) is 4.74 Å². The van der Waals surface area contributed by atoms with Crippen molar-refractivity contribution in [3.05, 3.63) is 0 Å². The van der Waals surface area contributed by atoms with Crippen molar-refractivity contribution in [2.75, 3.05) is 13.2 Å². The van der Waals surface area contributed by atoms with E-state index in [0.29, 0.717) is 6.42 Å². The van der Waals surface area contributed by atoms with Crippen LogP contribution >= 0.6 is 0 Å². The van der Waals surface area contributed by atoms with Crippen molar-refractivity contribution in [2.24, 2.45) is 0 Å². The summed E-state index contributed by atoms with van der Waals surface area (Å²) >= 11 is 0. The molecule has 0 aromatic carbocycles. The molecule has 9 heteroatoms.